The summed E-state index contributed by atoms with van der Waals surface area (Å²) in [4.78, 5) is 39.6. The van der Waals surface area contributed by atoms with Gasteiger partial charge in [-0.25, -0.2) is 0 Å². The lowest BCUT2D eigenvalue weighted by molar-refractivity contribution is -0.168. The van der Waals surface area contributed by atoms with E-state index in [2.05, 4.69) is 5.32 Å². The summed E-state index contributed by atoms with van der Waals surface area (Å²) < 4.78 is 0. The monoisotopic (exact) mass is 322 g/mol. The highest BCUT2D eigenvalue weighted by Gasteiger charge is 2.61. The molecule has 2 unspecified atom stereocenters. The van der Waals surface area contributed by atoms with Crippen LogP contribution in [0.5, 0.6) is 0 Å². The van der Waals surface area contributed by atoms with Crippen LogP contribution in [0.1, 0.15) is 52.9 Å². The Bertz CT molecular complexity index is 547. The molecular formula is C17H26N2O4. The summed E-state index contributed by atoms with van der Waals surface area (Å²) in [5.74, 6) is -0.550. The second-order valence-corrected chi connectivity index (χ2v) is 8.47. The third-order valence-corrected chi connectivity index (χ3v) is 6.03. The number of hydrogen-bond acceptors (Lipinski definition) is 4. The zero-order valence-electron chi connectivity index (χ0n) is 14.1. The van der Waals surface area contributed by atoms with Crippen LogP contribution < -0.4 is 5.32 Å². The molecule has 2 saturated heterocycles. The molecule has 2 heterocycles. The molecule has 2 N–H and O–H groups in total. The Morgan fingerprint density at radius 3 is 2.26 bits per heavy atom. The molecule has 2 bridgehead atoms. The Morgan fingerprint density at radius 2 is 1.74 bits per heavy atom. The standard InChI is InChI=1S/C17H26N2O4/c1-15-8-16(2,13(22)18-12(15)21)10-17(3,9-15)14(23)19-6-4-5-11(19)7-20/h11,20H,4-10H2,1-3H3,(H,18,21,22)/t11-,15?,16?,17?/m0/s1. The van der Waals surface area contributed by atoms with Crippen LogP contribution in [0, 0.1) is 16.2 Å². The maximum absolute atomic E-state index is 13.2. The van der Waals surface area contributed by atoms with Gasteiger partial charge in [0.15, 0.2) is 0 Å². The molecule has 1 aliphatic carbocycles. The fourth-order valence-corrected chi connectivity index (χ4v) is 5.29. The van der Waals surface area contributed by atoms with Crippen molar-refractivity contribution in [2.24, 2.45) is 16.2 Å². The largest absolute Gasteiger partial charge is 0.394 e. The van der Waals surface area contributed by atoms with Crippen molar-refractivity contribution in [1.29, 1.82) is 0 Å². The summed E-state index contributed by atoms with van der Waals surface area (Å²) in [5, 5.41) is 12.0. The van der Waals surface area contributed by atoms with E-state index < -0.39 is 16.2 Å². The number of carbonyl (C=O) groups excluding carboxylic acids is 3. The summed E-state index contributed by atoms with van der Waals surface area (Å²) in [6.07, 6.45) is 3.09. The van der Waals surface area contributed by atoms with Gasteiger partial charge in [0.2, 0.25) is 17.7 Å². The van der Waals surface area contributed by atoms with E-state index in [1.807, 2.05) is 20.8 Å². The first kappa shape index (κ1) is 16.4. The van der Waals surface area contributed by atoms with Gasteiger partial charge in [0.25, 0.3) is 0 Å². The molecule has 0 spiro atoms. The SMILES string of the molecule is CC12CC(C)(CC(C)(C(=O)N3CCC[C@H]3CO)C1)C(=O)NC2=O. The van der Waals surface area contributed by atoms with Gasteiger partial charge in [-0.1, -0.05) is 20.8 Å². The molecule has 3 atom stereocenters. The molecule has 23 heavy (non-hydrogen) atoms. The fraction of sp³-hybridized carbons (Fsp3) is 0.824. The number of likely N-dealkylation sites (tertiary alicyclic amines) is 1. The number of fused-ring (bicyclic) bond motifs is 2. The van der Waals surface area contributed by atoms with E-state index in [0.29, 0.717) is 25.8 Å². The molecule has 6 nitrogen and oxygen atoms in total. The molecule has 2 aliphatic heterocycles. The van der Waals surface area contributed by atoms with Crippen molar-refractivity contribution in [1.82, 2.24) is 10.2 Å². The number of hydrogen-bond donors (Lipinski definition) is 2. The number of nitrogens with zero attached hydrogens (tertiary/aromatic N) is 1. The molecule has 3 amide bonds. The topological polar surface area (TPSA) is 86.7 Å². The second kappa shape index (κ2) is 5.03. The smallest absolute Gasteiger partial charge is 0.232 e. The number of imide groups is 1. The highest BCUT2D eigenvalue weighted by molar-refractivity contribution is 6.04. The lowest BCUT2D eigenvalue weighted by atomic mass is 9.52. The lowest BCUT2D eigenvalue weighted by Crippen LogP contribution is -2.64. The molecular weight excluding hydrogens is 296 g/mol. The summed E-state index contributed by atoms with van der Waals surface area (Å²) in [6.45, 7) is 6.20. The van der Waals surface area contributed by atoms with Crippen molar-refractivity contribution < 1.29 is 19.5 Å². The second-order valence-electron chi connectivity index (χ2n) is 8.47. The van der Waals surface area contributed by atoms with E-state index in [1.54, 1.807) is 4.90 Å². The van der Waals surface area contributed by atoms with Crippen LogP contribution in [0.15, 0.2) is 0 Å². The fourth-order valence-electron chi connectivity index (χ4n) is 5.29. The quantitative estimate of drug-likeness (QED) is 0.737. The number of aliphatic hydroxyl groups excluding tert-OH is 1. The predicted molar refractivity (Wildman–Crippen MR) is 83.1 cm³/mol. The molecule has 0 aromatic heterocycles. The van der Waals surface area contributed by atoms with Crippen LogP contribution in [0.3, 0.4) is 0 Å². The van der Waals surface area contributed by atoms with Gasteiger partial charge in [-0.15, -0.1) is 0 Å². The Morgan fingerprint density at radius 1 is 1.17 bits per heavy atom. The van der Waals surface area contributed by atoms with Crippen molar-refractivity contribution in [3.05, 3.63) is 0 Å². The number of nitrogens with one attached hydrogen (secondary N) is 1. The molecule has 0 aromatic rings. The average Bonchev–Trinajstić information content (AvgIpc) is 2.92. The number of piperidine rings is 1. The van der Waals surface area contributed by atoms with Crippen molar-refractivity contribution in [2.45, 2.75) is 58.9 Å². The van der Waals surface area contributed by atoms with Crippen molar-refractivity contribution >= 4 is 17.7 Å². The number of aliphatic hydroxyl groups is 1. The minimum atomic E-state index is -0.743. The highest BCUT2D eigenvalue weighted by Crippen LogP contribution is 2.57. The van der Waals surface area contributed by atoms with Gasteiger partial charge in [0.05, 0.1) is 12.6 Å². The van der Waals surface area contributed by atoms with Gasteiger partial charge in [0.1, 0.15) is 0 Å². The molecule has 1 saturated carbocycles. The molecule has 3 rings (SSSR count). The number of amides is 3. The van der Waals surface area contributed by atoms with E-state index in [0.717, 1.165) is 12.8 Å². The summed E-state index contributed by atoms with van der Waals surface area (Å²) >= 11 is 0. The summed E-state index contributed by atoms with van der Waals surface area (Å²) in [6, 6.07) is -0.133. The van der Waals surface area contributed by atoms with E-state index in [9.17, 15) is 19.5 Å². The lowest BCUT2D eigenvalue weighted by Gasteiger charge is -2.54. The zero-order chi connectivity index (χ0) is 17.0. The van der Waals surface area contributed by atoms with E-state index in [-0.39, 0.29) is 30.4 Å². The van der Waals surface area contributed by atoms with Crippen LogP contribution in [0.2, 0.25) is 0 Å². The third kappa shape index (κ3) is 2.38. The Hall–Kier alpha value is -1.43. The summed E-state index contributed by atoms with van der Waals surface area (Å²) in [5.41, 5.74) is -2.13. The van der Waals surface area contributed by atoms with Crippen LogP contribution >= 0.6 is 0 Å². The third-order valence-electron chi connectivity index (χ3n) is 6.03. The normalized spacial score (nSPS) is 43.5. The first-order valence-corrected chi connectivity index (χ1v) is 8.41. The Labute approximate surface area is 136 Å². The summed E-state index contributed by atoms with van der Waals surface area (Å²) in [7, 11) is 0. The maximum atomic E-state index is 13.2. The van der Waals surface area contributed by atoms with Gasteiger partial charge >= 0.3 is 0 Å². The van der Waals surface area contributed by atoms with Crippen LogP contribution in [-0.2, 0) is 14.4 Å². The average molecular weight is 322 g/mol. The Kier molecular flexibility index (Phi) is 3.59. The maximum Gasteiger partial charge on any atom is 0.232 e. The van der Waals surface area contributed by atoms with E-state index in [1.165, 1.54) is 0 Å². The minimum absolute atomic E-state index is 0.0197. The van der Waals surface area contributed by atoms with Crippen molar-refractivity contribution in [2.75, 3.05) is 13.2 Å². The van der Waals surface area contributed by atoms with Crippen molar-refractivity contribution in [3.63, 3.8) is 0 Å². The van der Waals surface area contributed by atoms with Crippen LogP contribution in [-0.4, -0.2) is 46.9 Å². The number of rotatable bonds is 2. The molecule has 6 heteroatoms. The predicted octanol–water partition coefficient (Wildman–Crippen LogP) is 0.829. The van der Waals surface area contributed by atoms with Crippen LogP contribution in [0.4, 0.5) is 0 Å². The van der Waals surface area contributed by atoms with Gasteiger partial charge in [-0.3, -0.25) is 19.7 Å². The highest BCUT2D eigenvalue weighted by atomic mass is 16.3. The van der Waals surface area contributed by atoms with Crippen molar-refractivity contribution in [3.8, 4) is 0 Å². The van der Waals surface area contributed by atoms with Crippen LogP contribution in [0.25, 0.3) is 0 Å². The van der Waals surface area contributed by atoms with Gasteiger partial charge in [-0.05, 0) is 32.1 Å². The number of carbonyl (C=O) groups is 3. The molecule has 3 fully saturated rings. The molecule has 0 radical (unpaired) electrons. The first-order chi connectivity index (χ1) is 10.6. The van der Waals surface area contributed by atoms with E-state index in [4.69, 9.17) is 0 Å². The minimum Gasteiger partial charge on any atom is -0.394 e. The zero-order valence-corrected chi connectivity index (χ0v) is 14.1. The van der Waals surface area contributed by atoms with E-state index >= 15 is 0 Å². The van der Waals surface area contributed by atoms with Gasteiger partial charge in [-0.2, -0.15) is 0 Å². The van der Waals surface area contributed by atoms with Gasteiger partial charge in [0, 0.05) is 22.8 Å². The van der Waals surface area contributed by atoms with Gasteiger partial charge < -0.3 is 10.0 Å². The first-order valence-electron chi connectivity index (χ1n) is 8.41. The molecule has 0 aromatic carbocycles. The molecule has 128 valence electrons. The molecule has 3 aliphatic rings. The Balaban J connectivity index is 1.94.